The molecule has 1 saturated carbocycles. The maximum absolute atomic E-state index is 5.59. The van der Waals surface area contributed by atoms with Crippen LogP contribution >= 0.6 is 39.9 Å². The van der Waals surface area contributed by atoms with Gasteiger partial charge in [0, 0.05) is 23.5 Å². The van der Waals surface area contributed by atoms with E-state index in [1.807, 2.05) is 13.8 Å². The second-order valence-corrected chi connectivity index (χ2v) is 7.23. The van der Waals surface area contributed by atoms with E-state index in [4.69, 9.17) is 4.42 Å². The summed E-state index contributed by atoms with van der Waals surface area (Å²) in [5.41, 5.74) is 2.53. The van der Waals surface area contributed by atoms with Crippen molar-refractivity contribution in [2.75, 3.05) is 13.6 Å². The molecule has 2 N–H and O–H groups in total. The number of benzene rings is 1. The van der Waals surface area contributed by atoms with Gasteiger partial charge >= 0.3 is 0 Å². The third-order valence-corrected chi connectivity index (χ3v) is 5.08. The summed E-state index contributed by atoms with van der Waals surface area (Å²) in [4.78, 5) is 8.67. The molecule has 0 amide bonds. The highest BCUT2D eigenvalue weighted by Gasteiger charge is 2.44. The van der Waals surface area contributed by atoms with Crippen LogP contribution in [0.5, 0.6) is 0 Å². The summed E-state index contributed by atoms with van der Waals surface area (Å²) in [5, 5.41) is 6.70. The highest BCUT2D eigenvalue weighted by Crippen LogP contribution is 2.48. The fourth-order valence-electron chi connectivity index (χ4n) is 2.78. The first-order valence-electron chi connectivity index (χ1n) is 8.16. The Bertz CT molecular complexity index is 736. The first-order valence-corrected chi connectivity index (χ1v) is 8.95. The number of nitrogens with zero attached hydrogens (tertiary/aromatic N) is 2. The van der Waals surface area contributed by atoms with Gasteiger partial charge < -0.3 is 15.1 Å². The van der Waals surface area contributed by atoms with Gasteiger partial charge in [-0.25, -0.2) is 4.98 Å². The van der Waals surface area contributed by atoms with Crippen LogP contribution in [0, 0.1) is 13.8 Å². The van der Waals surface area contributed by atoms with Gasteiger partial charge in [-0.2, -0.15) is 0 Å². The molecule has 1 aliphatic carbocycles. The quantitative estimate of drug-likeness (QED) is 0.356. The van der Waals surface area contributed by atoms with Gasteiger partial charge in [0.05, 0.1) is 12.2 Å². The number of halogens is 2. The van der Waals surface area contributed by atoms with Crippen molar-refractivity contribution < 1.29 is 4.42 Å². The lowest BCUT2D eigenvalue weighted by molar-refractivity contribution is 0.463. The molecule has 0 bridgehead atoms. The lowest BCUT2D eigenvalue weighted by Gasteiger charge is -2.19. The minimum atomic E-state index is 0. The van der Waals surface area contributed by atoms with Crippen molar-refractivity contribution in [1.82, 2.24) is 15.6 Å². The normalized spacial score (nSPS) is 15.4. The van der Waals surface area contributed by atoms with Gasteiger partial charge in [0.15, 0.2) is 5.96 Å². The maximum Gasteiger partial charge on any atom is 0.214 e. The molecule has 7 heteroatoms. The van der Waals surface area contributed by atoms with Crippen molar-refractivity contribution in [3.8, 4) is 0 Å². The van der Waals surface area contributed by atoms with Gasteiger partial charge in [0.2, 0.25) is 5.89 Å². The molecule has 1 aromatic heterocycles. The number of guanidine groups is 1. The topological polar surface area (TPSA) is 62.5 Å². The van der Waals surface area contributed by atoms with Crippen molar-refractivity contribution in [2.24, 2.45) is 4.99 Å². The van der Waals surface area contributed by atoms with Crippen LogP contribution in [0.25, 0.3) is 0 Å². The Kier molecular flexibility index (Phi) is 6.90. The SMILES string of the molecule is CN=C(NCc1nc(C)c(C)o1)NCC1(c2cccc(Br)c2)CC1.I. The predicted octanol–water partition coefficient (Wildman–Crippen LogP) is 4.07. The minimum absolute atomic E-state index is 0. The fraction of sp³-hybridized carbons (Fsp3) is 0.444. The number of hydrogen-bond acceptors (Lipinski definition) is 3. The van der Waals surface area contributed by atoms with Crippen LogP contribution in [0.15, 0.2) is 38.1 Å². The number of hydrogen-bond donors (Lipinski definition) is 2. The zero-order valence-electron chi connectivity index (χ0n) is 14.7. The molecule has 1 aliphatic rings. The molecule has 1 fully saturated rings. The van der Waals surface area contributed by atoms with Gasteiger partial charge in [-0.1, -0.05) is 28.1 Å². The molecule has 0 aliphatic heterocycles. The Hall–Kier alpha value is -1.09. The van der Waals surface area contributed by atoms with Gasteiger partial charge in [0.25, 0.3) is 0 Å². The van der Waals surface area contributed by atoms with Crippen LogP contribution < -0.4 is 10.6 Å². The summed E-state index contributed by atoms with van der Waals surface area (Å²) < 4.78 is 6.72. The van der Waals surface area contributed by atoms with Crippen molar-refractivity contribution in [3.63, 3.8) is 0 Å². The molecule has 0 spiro atoms. The molecule has 0 atom stereocenters. The van der Waals surface area contributed by atoms with E-state index in [9.17, 15) is 0 Å². The number of aromatic nitrogens is 1. The average Bonchev–Trinajstić information content (AvgIpc) is 3.29. The van der Waals surface area contributed by atoms with Crippen molar-refractivity contribution in [2.45, 2.75) is 38.6 Å². The summed E-state index contributed by atoms with van der Waals surface area (Å²) in [6.45, 7) is 5.27. The Morgan fingerprint density at radius 1 is 1.32 bits per heavy atom. The predicted molar refractivity (Wildman–Crippen MR) is 115 cm³/mol. The molecular formula is C18H24BrIN4O. The maximum atomic E-state index is 5.59. The number of aryl methyl sites for hydroxylation is 2. The molecule has 5 nitrogen and oxygen atoms in total. The van der Waals surface area contributed by atoms with E-state index in [0.29, 0.717) is 12.4 Å². The molecule has 3 rings (SSSR count). The minimum Gasteiger partial charge on any atom is -0.444 e. The smallest absolute Gasteiger partial charge is 0.214 e. The molecular weight excluding hydrogens is 495 g/mol. The van der Waals surface area contributed by atoms with Gasteiger partial charge in [-0.15, -0.1) is 24.0 Å². The van der Waals surface area contributed by atoms with Crippen LogP contribution in [-0.2, 0) is 12.0 Å². The second-order valence-electron chi connectivity index (χ2n) is 6.32. The van der Waals surface area contributed by atoms with E-state index in [-0.39, 0.29) is 29.4 Å². The van der Waals surface area contributed by atoms with Crippen molar-refractivity contribution in [3.05, 3.63) is 51.6 Å². The van der Waals surface area contributed by atoms with E-state index < -0.39 is 0 Å². The summed E-state index contributed by atoms with van der Waals surface area (Å²) in [6, 6.07) is 8.57. The highest BCUT2D eigenvalue weighted by molar-refractivity contribution is 14.0. The van der Waals surface area contributed by atoms with Crippen LogP contribution in [-0.4, -0.2) is 24.5 Å². The average molecular weight is 519 g/mol. The summed E-state index contributed by atoms with van der Waals surface area (Å²) in [6.07, 6.45) is 2.40. The first-order chi connectivity index (χ1) is 11.5. The zero-order chi connectivity index (χ0) is 17.2. The van der Waals surface area contributed by atoms with E-state index in [1.165, 1.54) is 18.4 Å². The van der Waals surface area contributed by atoms with Crippen LogP contribution in [0.2, 0.25) is 0 Å². The lowest BCUT2D eigenvalue weighted by Crippen LogP contribution is -2.41. The third-order valence-electron chi connectivity index (χ3n) is 4.59. The Labute approximate surface area is 174 Å². The van der Waals surface area contributed by atoms with Gasteiger partial charge in [-0.05, 0) is 44.4 Å². The molecule has 0 unspecified atom stereocenters. The van der Waals surface area contributed by atoms with E-state index >= 15 is 0 Å². The van der Waals surface area contributed by atoms with Crippen molar-refractivity contribution in [1.29, 1.82) is 0 Å². The number of rotatable bonds is 5. The summed E-state index contributed by atoms with van der Waals surface area (Å²) in [5.74, 6) is 2.31. The summed E-state index contributed by atoms with van der Waals surface area (Å²) >= 11 is 3.56. The van der Waals surface area contributed by atoms with Crippen molar-refractivity contribution >= 4 is 45.9 Å². The Morgan fingerprint density at radius 2 is 2.08 bits per heavy atom. The molecule has 0 radical (unpaired) electrons. The van der Waals surface area contributed by atoms with Crippen LogP contribution in [0.4, 0.5) is 0 Å². The molecule has 25 heavy (non-hydrogen) atoms. The van der Waals surface area contributed by atoms with E-state index in [1.54, 1.807) is 7.05 Å². The fourth-order valence-corrected chi connectivity index (χ4v) is 3.18. The molecule has 2 aromatic rings. The summed E-state index contributed by atoms with van der Waals surface area (Å²) in [7, 11) is 1.78. The largest absolute Gasteiger partial charge is 0.444 e. The molecule has 1 aromatic carbocycles. The van der Waals surface area contributed by atoms with E-state index in [0.717, 1.165) is 28.4 Å². The van der Waals surface area contributed by atoms with Gasteiger partial charge in [-0.3, -0.25) is 4.99 Å². The zero-order valence-corrected chi connectivity index (χ0v) is 18.6. The molecule has 136 valence electrons. The highest BCUT2D eigenvalue weighted by atomic mass is 127. The monoisotopic (exact) mass is 518 g/mol. The standard InChI is InChI=1S/C18H23BrN4O.HI/c1-12-13(2)24-16(23-12)10-21-17(20-3)22-11-18(7-8-18)14-5-4-6-15(19)9-14;/h4-6,9H,7-8,10-11H2,1-3H3,(H2,20,21,22);1H. The third kappa shape index (κ3) is 4.97. The number of nitrogens with one attached hydrogen (secondary N) is 2. The Balaban J connectivity index is 0.00000225. The molecule has 1 heterocycles. The molecule has 0 saturated heterocycles. The first kappa shape index (κ1) is 20.2. The van der Waals surface area contributed by atoms with Crippen LogP contribution in [0.1, 0.15) is 35.7 Å². The lowest BCUT2D eigenvalue weighted by atomic mass is 9.96. The van der Waals surface area contributed by atoms with Crippen LogP contribution in [0.3, 0.4) is 0 Å². The number of aliphatic imine (C=N–C) groups is 1. The second kappa shape index (κ2) is 8.53. The number of oxazole rings is 1. The van der Waals surface area contributed by atoms with E-state index in [2.05, 4.69) is 60.8 Å². The van der Waals surface area contributed by atoms with Gasteiger partial charge in [0.1, 0.15) is 5.76 Å². The Morgan fingerprint density at radius 3 is 2.64 bits per heavy atom.